The van der Waals surface area contributed by atoms with Gasteiger partial charge in [-0.2, -0.15) is 0 Å². The molecule has 0 aliphatic heterocycles. The normalized spacial score (nSPS) is 18.6. The molecule has 1 aromatic heterocycles. The van der Waals surface area contributed by atoms with Gasteiger partial charge in [-0.05, 0) is 18.8 Å². The fraction of sp³-hybridized carbons (Fsp3) is 0.556. The lowest BCUT2D eigenvalue weighted by molar-refractivity contribution is 0.727. The molecule has 4 heteroatoms. The summed E-state index contributed by atoms with van der Waals surface area (Å²) in [5, 5.41) is 0.598. The SMILES string of the molecule is Clc1cnc(CC(Br)C2CC2)nc1. The van der Waals surface area contributed by atoms with Crippen LogP contribution < -0.4 is 0 Å². The van der Waals surface area contributed by atoms with E-state index in [1.165, 1.54) is 12.8 Å². The predicted molar refractivity (Wildman–Crippen MR) is 56.2 cm³/mol. The Balaban J connectivity index is 1.96. The Morgan fingerprint density at radius 2 is 2.08 bits per heavy atom. The molecule has 0 aromatic carbocycles. The van der Waals surface area contributed by atoms with E-state index in [1.54, 1.807) is 12.4 Å². The maximum Gasteiger partial charge on any atom is 0.129 e. The zero-order valence-electron chi connectivity index (χ0n) is 7.08. The smallest absolute Gasteiger partial charge is 0.129 e. The van der Waals surface area contributed by atoms with Crippen LogP contribution in [0.25, 0.3) is 0 Å². The second-order valence-corrected chi connectivity index (χ2v) is 4.99. The van der Waals surface area contributed by atoms with E-state index in [0.717, 1.165) is 18.2 Å². The second kappa shape index (κ2) is 3.93. The molecule has 1 aliphatic rings. The molecule has 0 N–H and O–H groups in total. The van der Waals surface area contributed by atoms with Crippen molar-refractivity contribution in [3.05, 3.63) is 23.2 Å². The fourth-order valence-electron chi connectivity index (χ4n) is 1.24. The molecule has 1 unspecified atom stereocenters. The second-order valence-electron chi connectivity index (χ2n) is 3.38. The van der Waals surface area contributed by atoms with Crippen molar-refractivity contribution >= 4 is 27.5 Å². The van der Waals surface area contributed by atoms with Gasteiger partial charge in [-0.25, -0.2) is 9.97 Å². The lowest BCUT2D eigenvalue weighted by atomic mass is 10.2. The van der Waals surface area contributed by atoms with Crippen LogP contribution in [-0.4, -0.2) is 14.8 Å². The zero-order chi connectivity index (χ0) is 9.26. The summed E-state index contributed by atoms with van der Waals surface area (Å²) in [6.07, 6.45) is 6.88. The lowest BCUT2D eigenvalue weighted by Crippen LogP contribution is -2.07. The lowest BCUT2D eigenvalue weighted by Gasteiger charge is -2.05. The summed E-state index contributed by atoms with van der Waals surface area (Å²) in [4.78, 5) is 8.85. The van der Waals surface area contributed by atoms with E-state index in [0.29, 0.717) is 9.85 Å². The Labute approximate surface area is 90.9 Å². The van der Waals surface area contributed by atoms with Crippen molar-refractivity contribution in [1.29, 1.82) is 0 Å². The molecule has 0 bridgehead atoms. The highest BCUT2D eigenvalue weighted by molar-refractivity contribution is 9.09. The van der Waals surface area contributed by atoms with Crippen molar-refractivity contribution in [2.24, 2.45) is 5.92 Å². The highest BCUT2D eigenvalue weighted by Crippen LogP contribution is 2.37. The molecule has 13 heavy (non-hydrogen) atoms. The van der Waals surface area contributed by atoms with E-state index >= 15 is 0 Å². The number of nitrogens with zero attached hydrogens (tertiary/aromatic N) is 2. The van der Waals surface area contributed by atoms with Gasteiger partial charge in [0.2, 0.25) is 0 Å². The van der Waals surface area contributed by atoms with E-state index in [-0.39, 0.29) is 0 Å². The van der Waals surface area contributed by atoms with Crippen molar-refractivity contribution in [3.63, 3.8) is 0 Å². The summed E-state index contributed by atoms with van der Waals surface area (Å²) in [6, 6.07) is 0. The van der Waals surface area contributed by atoms with Crippen molar-refractivity contribution in [3.8, 4) is 0 Å². The largest absolute Gasteiger partial charge is 0.240 e. The van der Waals surface area contributed by atoms with E-state index in [1.807, 2.05) is 0 Å². The van der Waals surface area contributed by atoms with E-state index in [9.17, 15) is 0 Å². The van der Waals surface area contributed by atoms with Gasteiger partial charge in [0.05, 0.1) is 5.02 Å². The highest BCUT2D eigenvalue weighted by Gasteiger charge is 2.29. The third-order valence-corrected chi connectivity index (χ3v) is 3.45. The van der Waals surface area contributed by atoms with Gasteiger partial charge in [-0.3, -0.25) is 0 Å². The Hall–Kier alpha value is -0.150. The number of halogens is 2. The monoisotopic (exact) mass is 260 g/mol. The van der Waals surface area contributed by atoms with Crippen LogP contribution in [0.3, 0.4) is 0 Å². The van der Waals surface area contributed by atoms with Gasteiger partial charge in [0.1, 0.15) is 5.82 Å². The van der Waals surface area contributed by atoms with Crippen molar-refractivity contribution in [1.82, 2.24) is 9.97 Å². The molecule has 2 rings (SSSR count). The topological polar surface area (TPSA) is 25.8 Å². The van der Waals surface area contributed by atoms with Crippen molar-refractivity contribution in [2.75, 3.05) is 0 Å². The van der Waals surface area contributed by atoms with Gasteiger partial charge in [-0.15, -0.1) is 0 Å². The first-order valence-corrected chi connectivity index (χ1v) is 5.65. The van der Waals surface area contributed by atoms with E-state index in [2.05, 4.69) is 25.9 Å². The van der Waals surface area contributed by atoms with Gasteiger partial charge in [-0.1, -0.05) is 27.5 Å². The Kier molecular flexibility index (Phi) is 2.84. The van der Waals surface area contributed by atoms with E-state index in [4.69, 9.17) is 11.6 Å². The first-order valence-electron chi connectivity index (χ1n) is 4.36. The number of hydrogen-bond acceptors (Lipinski definition) is 2. The number of alkyl halides is 1. The maximum atomic E-state index is 5.69. The zero-order valence-corrected chi connectivity index (χ0v) is 9.42. The van der Waals surface area contributed by atoms with Gasteiger partial charge < -0.3 is 0 Å². The number of rotatable bonds is 3. The molecular weight excluding hydrogens is 251 g/mol. The van der Waals surface area contributed by atoms with Crippen LogP contribution in [0.2, 0.25) is 5.02 Å². The minimum Gasteiger partial charge on any atom is -0.240 e. The van der Waals surface area contributed by atoms with Gasteiger partial charge in [0, 0.05) is 23.6 Å². The molecule has 1 atom stereocenters. The third kappa shape index (κ3) is 2.64. The first-order chi connectivity index (χ1) is 6.25. The quantitative estimate of drug-likeness (QED) is 0.782. The summed E-state index contributed by atoms with van der Waals surface area (Å²) in [7, 11) is 0. The molecule has 1 saturated carbocycles. The van der Waals surface area contributed by atoms with Gasteiger partial charge >= 0.3 is 0 Å². The Bertz CT molecular complexity index is 284. The molecule has 2 nitrogen and oxygen atoms in total. The molecule has 1 fully saturated rings. The standard InChI is InChI=1S/C9H10BrClN2/c10-8(6-1-2-6)3-9-12-4-7(11)5-13-9/h4-6,8H,1-3H2. The molecule has 1 heterocycles. The van der Waals surface area contributed by atoms with Crippen LogP contribution in [0.1, 0.15) is 18.7 Å². The minimum absolute atomic E-state index is 0.536. The molecule has 1 aliphatic carbocycles. The molecule has 70 valence electrons. The third-order valence-electron chi connectivity index (χ3n) is 2.18. The Morgan fingerprint density at radius 1 is 1.46 bits per heavy atom. The summed E-state index contributed by atoms with van der Waals surface area (Å²) in [6.45, 7) is 0. The average Bonchev–Trinajstić information content (AvgIpc) is 2.91. The van der Waals surface area contributed by atoms with Crippen molar-refractivity contribution in [2.45, 2.75) is 24.1 Å². The number of aromatic nitrogens is 2. The van der Waals surface area contributed by atoms with Crippen LogP contribution in [-0.2, 0) is 6.42 Å². The van der Waals surface area contributed by atoms with Gasteiger partial charge in [0.15, 0.2) is 0 Å². The molecule has 0 amide bonds. The molecule has 0 radical (unpaired) electrons. The fourth-order valence-corrected chi connectivity index (χ4v) is 2.16. The van der Waals surface area contributed by atoms with Gasteiger partial charge in [0.25, 0.3) is 0 Å². The summed E-state index contributed by atoms with van der Waals surface area (Å²) < 4.78 is 0. The van der Waals surface area contributed by atoms with Crippen molar-refractivity contribution < 1.29 is 0 Å². The summed E-state index contributed by atoms with van der Waals surface area (Å²) in [5.74, 6) is 1.71. The minimum atomic E-state index is 0.536. The molecule has 0 saturated heterocycles. The Morgan fingerprint density at radius 3 is 2.62 bits per heavy atom. The van der Waals surface area contributed by atoms with E-state index < -0.39 is 0 Å². The first kappa shape index (κ1) is 9.41. The number of hydrogen-bond donors (Lipinski definition) is 0. The molecule has 0 spiro atoms. The average molecular weight is 262 g/mol. The van der Waals surface area contributed by atoms with Crippen LogP contribution in [0.4, 0.5) is 0 Å². The molecule has 1 aromatic rings. The summed E-state index contributed by atoms with van der Waals surface area (Å²) >= 11 is 9.33. The van der Waals surface area contributed by atoms with Crippen LogP contribution in [0.15, 0.2) is 12.4 Å². The van der Waals surface area contributed by atoms with Crippen LogP contribution >= 0.6 is 27.5 Å². The molecular formula is C9H10BrClN2. The highest BCUT2D eigenvalue weighted by atomic mass is 79.9. The summed E-state index contributed by atoms with van der Waals surface area (Å²) in [5.41, 5.74) is 0. The predicted octanol–water partition coefficient (Wildman–Crippen LogP) is 2.85. The van der Waals surface area contributed by atoms with Crippen LogP contribution in [0.5, 0.6) is 0 Å². The van der Waals surface area contributed by atoms with Crippen LogP contribution in [0, 0.1) is 5.92 Å². The maximum absolute atomic E-state index is 5.69.